The zero-order valence-electron chi connectivity index (χ0n) is 10.5. The highest BCUT2D eigenvalue weighted by Crippen LogP contribution is 2.13. The number of nitrogens with two attached hydrogens (primary N) is 1. The summed E-state index contributed by atoms with van der Waals surface area (Å²) in [6.07, 6.45) is 3.89. The molecule has 4 nitrogen and oxygen atoms in total. The van der Waals surface area contributed by atoms with Crippen LogP contribution >= 0.6 is 0 Å². The predicted octanol–water partition coefficient (Wildman–Crippen LogP) is 1.27. The summed E-state index contributed by atoms with van der Waals surface area (Å²) in [5.74, 6) is 0.275. The minimum absolute atomic E-state index is 0.0442. The lowest BCUT2D eigenvalue weighted by atomic mass is 10.0. The maximum Gasteiger partial charge on any atom is 0.239 e. The summed E-state index contributed by atoms with van der Waals surface area (Å²) in [6, 6.07) is 6.37. The third-order valence-electron chi connectivity index (χ3n) is 3.38. The fraction of sp³-hybridized carbons (Fsp3) is 0.500. The summed E-state index contributed by atoms with van der Waals surface area (Å²) in [6.45, 7) is 1.67. The normalized spacial score (nSPS) is 17.5. The number of benzene rings is 1. The lowest BCUT2D eigenvalue weighted by Gasteiger charge is -2.29. The van der Waals surface area contributed by atoms with E-state index >= 15 is 0 Å². The molecule has 1 amide bonds. The molecule has 0 saturated carbocycles. The number of hydrogen-bond donors (Lipinski definition) is 2. The zero-order chi connectivity index (χ0) is 13.0. The largest absolute Gasteiger partial charge is 0.508 e. The number of phenols is 1. The molecule has 0 aliphatic carbocycles. The van der Waals surface area contributed by atoms with Crippen LogP contribution in [0.1, 0.15) is 24.8 Å². The van der Waals surface area contributed by atoms with Crippen molar-refractivity contribution in [1.82, 2.24) is 4.90 Å². The molecule has 18 heavy (non-hydrogen) atoms. The third-order valence-corrected chi connectivity index (χ3v) is 3.38. The molecule has 1 atom stereocenters. The molecule has 1 aliphatic heterocycles. The molecule has 4 heteroatoms. The number of nitrogens with zero attached hydrogens (tertiary/aromatic N) is 1. The van der Waals surface area contributed by atoms with E-state index in [0.717, 1.165) is 31.5 Å². The molecular weight excluding hydrogens is 228 g/mol. The van der Waals surface area contributed by atoms with Crippen molar-refractivity contribution in [3.63, 3.8) is 0 Å². The predicted molar refractivity (Wildman–Crippen MR) is 70.2 cm³/mol. The molecule has 1 saturated heterocycles. The molecule has 1 aromatic carbocycles. The number of aromatic hydroxyl groups is 1. The van der Waals surface area contributed by atoms with E-state index in [1.54, 1.807) is 24.3 Å². The van der Waals surface area contributed by atoms with Gasteiger partial charge in [-0.1, -0.05) is 12.1 Å². The maximum atomic E-state index is 12.1. The first-order valence-corrected chi connectivity index (χ1v) is 6.49. The first-order valence-electron chi connectivity index (χ1n) is 6.49. The zero-order valence-corrected chi connectivity index (χ0v) is 10.5. The van der Waals surface area contributed by atoms with E-state index in [9.17, 15) is 9.90 Å². The molecule has 0 spiro atoms. The molecule has 1 unspecified atom stereocenters. The molecule has 0 bridgehead atoms. The molecule has 98 valence electrons. The summed E-state index contributed by atoms with van der Waals surface area (Å²) in [4.78, 5) is 14.0. The fourth-order valence-electron chi connectivity index (χ4n) is 2.32. The van der Waals surface area contributed by atoms with Gasteiger partial charge in [0.15, 0.2) is 0 Å². The van der Waals surface area contributed by atoms with E-state index in [1.165, 1.54) is 6.42 Å². The van der Waals surface area contributed by atoms with Gasteiger partial charge in [0.25, 0.3) is 0 Å². The first-order chi connectivity index (χ1) is 8.66. The summed E-state index contributed by atoms with van der Waals surface area (Å²) < 4.78 is 0. The van der Waals surface area contributed by atoms with E-state index in [1.807, 2.05) is 4.90 Å². The molecule has 0 aromatic heterocycles. The van der Waals surface area contributed by atoms with Crippen LogP contribution in [-0.4, -0.2) is 35.0 Å². The van der Waals surface area contributed by atoms with Crippen molar-refractivity contribution >= 4 is 5.91 Å². The van der Waals surface area contributed by atoms with Gasteiger partial charge >= 0.3 is 0 Å². The molecule has 1 aliphatic rings. The van der Waals surface area contributed by atoms with Crippen molar-refractivity contribution in [2.45, 2.75) is 31.7 Å². The number of carbonyl (C=O) groups is 1. The first kappa shape index (κ1) is 12.9. The second kappa shape index (κ2) is 5.87. The number of carbonyl (C=O) groups excluding carboxylic acids is 1. The van der Waals surface area contributed by atoms with Crippen LogP contribution in [0.2, 0.25) is 0 Å². The number of rotatable bonds is 3. The topological polar surface area (TPSA) is 66.6 Å². The minimum atomic E-state index is -0.479. The maximum absolute atomic E-state index is 12.1. The highest BCUT2D eigenvalue weighted by Gasteiger charge is 2.22. The van der Waals surface area contributed by atoms with Crippen molar-refractivity contribution in [2.75, 3.05) is 13.1 Å². The van der Waals surface area contributed by atoms with Gasteiger partial charge in [0.1, 0.15) is 5.75 Å². The Morgan fingerprint density at radius 1 is 1.22 bits per heavy atom. The van der Waals surface area contributed by atoms with Crippen LogP contribution in [-0.2, 0) is 11.2 Å². The molecule has 1 aromatic rings. The van der Waals surface area contributed by atoms with Crippen molar-refractivity contribution in [1.29, 1.82) is 0 Å². The van der Waals surface area contributed by atoms with Crippen LogP contribution in [0.15, 0.2) is 24.3 Å². The van der Waals surface area contributed by atoms with Crippen LogP contribution in [0.4, 0.5) is 0 Å². The highest BCUT2D eigenvalue weighted by molar-refractivity contribution is 5.82. The standard InChI is InChI=1S/C14H20N2O2/c15-13(10-11-4-6-12(17)7-5-11)14(18)16-8-2-1-3-9-16/h4-7,13,17H,1-3,8-10,15H2. The molecule has 1 heterocycles. The summed E-state index contributed by atoms with van der Waals surface area (Å²) in [7, 11) is 0. The number of piperidine rings is 1. The smallest absolute Gasteiger partial charge is 0.239 e. The average Bonchev–Trinajstić information content (AvgIpc) is 2.41. The van der Waals surface area contributed by atoms with E-state index in [2.05, 4.69) is 0 Å². The van der Waals surface area contributed by atoms with E-state index in [4.69, 9.17) is 5.73 Å². The quantitative estimate of drug-likeness (QED) is 0.846. The molecule has 0 radical (unpaired) electrons. The Labute approximate surface area is 107 Å². The highest BCUT2D eigenvalue weighted by atomic mass is 16.3. The second-order valence-electron chi connectivity index (χ2n) is 4.86. The Morgan fingerprint density at radius 3 is 2.44 bits per heavy atom. The van der Waals surface area contributed by atoms with Gasteiger partial charge in [-0.25, -0.2) is 0 Å². The Balaban J connectivity index is 1.92. The number of phenolic OH excluding ortho intramolecular Hbond substituents is 1. The summed E-state index contributed by atoms with van der Waals surface area (Å²) in [5.41, 5.74) is 6.94. The van der Waals surface area contributed by atoms with Gasteiger partial charge in [-0.2, -0.15) is 0 Å². The van der Waals surface area contributed by atoms with Gasteiger partial charge in [-0.05, 0) is 43.4 Å². The molecular formula is C14H20N2O2. The monoisotopic (exact) mass is 248 g/mol. The molecule has 3 N–H and O–H groups in total. The van der Waals surface area contributed by atoms with Gasteiger partial charge in [0.05, 0.1) is 6.04 Å². The average molecular weight is 248 g/mol. The summed E-state index contributed by atoms with van der Waals surface area (Å²) in [5, 5.41) is 9.20. The lowest BCUT2D eigenvalue weighted by molar-refractivity contribution is -0.133. The molecule has 2 rings (SSSR count). The van der Waals surface area contributed by atoms with Crippen LogP contribution in [0, 0.1) is 0 Å². The SMILES string of the molecule is NC(Cc1ccc(O)cc1)C(=O)N1CCCCC1. The molecule has 1 fully saturated rings. The van der Waals surface area contributed by atoms with Crippen LogP contribution in [0.25, 0.3) is 0 Å². The van der Waals surface area contributed by atoms with Crippen LogP contribution < -0.4 is 5.73 Å². The van der Waals surface area contributed by atoms with Crippen molar-refractivity contribution < 1.29 is 9.90 Å². The van der Waals surface area contributed by atoms with Gasteiger partial charge < -0.3 is 15.7 Å². The van der Waals surface area contributed by atoms with Crippen LogP contribution in [0.3, 0.4) is 0 Å². The Hall–Kier alpha value is -1.55. The van der Waals surface area contributed by atoms with Crippen molar-refractivity contribution in [3.05, 3.63) is 29.8 Å². The van der Waals surface area contributed by atoms with E-state index < -0.39 is 6.04 Å². The second-order valence-corrected chi connectivity index (χ2v) is 4.86. The third kappa shape index (κ3) is 3.23. The van der Waals surface area contributed by atoms with Gasteiger partial charge in [-0.3, -0.25) is 4.79 Å². The minimum Gasteiger partial charge on any atom is -0.508 e. The van der Waals surface area contributed by atoms with Crippen LogP contribution in [0.5, 0.6) is 5.75 Å². The van der Waals surface area contributed by atoms with Gasteiger partial charge in [0, 0.05) is 13.1 Å². The van der Waals surface area contributed by atoms with E-state index in [-0.39, 0.29) is 11.7 Å². The number of hydrogen-bond acceptors (Lipinski definition) is 3. The van der Waals surface area contributed by atoms with Crippen molar-refractivity contribution in [2.24, 2.45) is 5.73 Å². The van der Waals surface area contributed by atoms with Crippen molar-refractivity contribution in [3.8, 4) is 5.75 Å². The number of amides is 1. The van der Waals surface area contributed by atoms with Gasteiger partial charge in [-0.15, -0.1) is 0 Å². The Morgan fingerprint density at radius 2 is 1.83 bits per heavy atom. The fourth-order valence-corrected chi connectivity index (χ4v) is 2.32. The van der Waals surface area contributed by atoms with Gasteiger partial charge in [0.2, 0.25) is 5.91 Å². The summed E-state index contributed by atoms with van der Waals surface area (Å²) >= 11 is 0. The Bertz CT molecular complexity index is 397. The lowest BCUT2D eigenvalue weighted by Crippen LogP contribution is -2.46. The Kier molecular flexibility index (Phi) is 4.20. The van der Waals surface area contributed by atoms with E-state index in [0.29, 0.717) is 6.42 Å². The number of likely N-dealkylation sites (tertiary alicyclic amines) is 1.